The molecule has 7 nitrogen and oxygen atoms in total. The molecular formula is C21H26N4O3. The van der Waals surface area contributed by atoms with Crippen molar-refractivity contribution in [2.24, 2.45) is 0 Å². The van der Waals surface area contributed by atoms with Gasteiger partial charge in [0.25, 0.3) is 5.91 Å². The normalized spacial score (nSPS) is 10.9. The summed E-state index contributed by atoms with van der Waals surface area (Å²) in [7, 11) is 1.74. The number of carbonyl (C=O) groups excluding carboxylic acids is 1. The molecular weight excluding hydrogens is 356 g/mol. The first-order valence-corrected chi connectivity index (χ1v) is 9.31. The van der Waals surface area contributed by atoms with Crippen LogP contribution in [-0.2, 0) is 19.7 Å². The Hall–Kier alpha value is -3.09. The summed E-state index contributed by atoms with van der Waals surface area (Å²) in [6.07, 6.45) is 1.74. The number of hydrogen-bond acceptors (Lipinski definition) is 5. The van der Waals surface area contributed by atoms with Gasteiger partial charge in [0.1, 0.15) is 18.1 Å². The Labute approximate surface area is 164 Å². The maximum absolute atomic E-state index is 12.9. The van der Waals surface area contributed by atoms with E-state index >= 15 is 0 Å². The molecule has 0 aliphatic heterocycles. The third-order valence-corrected chi connectivity index (χ3v) is 4.62. The van der Waals surface area contributed by atoms with Gasteiger partial charge in [0, 0.05) is 19.8 Å². The Bertz CT molecular complexity index is 954. The van der Waals surface area contributed by atoms with E-state index in [2.05, 4.69) is 16.3 Å². The molecule has 1 aromatic carbocycles. The van der Waals surface area contributed by atoms with Crippen LogP contribution in [0.25, 0.3) is 0 Å². The Kier molecular flexibility index (Phi) is 5.82. The minimum Gasteiger partial charge on any atom is -0.489 e. The molecule has 0 saturated heterocycles. The van der Waals surface area contributed by atoms with E-state index in [9.17, 15) is 4.79 Å². The van der Waals surface area contributed by atoms with Crippen LogP contribution in [0, 0.1) is 20.8 Å². The van der Waals surface area contributed by atoms with Gasteiger partial charge >= 0.3 is 0 Å². The minimum atomic E-state index is -0.209. The average Bonchev–Trinajstić information content (AvgIpc) is 3.24. The number of benzene rings is 1. The largest absolute Gasteiger partial charge is 0.489 e. The highest BCUT2D eigenvalue weighted by Gasteiger charge is 2.24. The van der Waals surface area contributed by atoms with Crippen LogP contribution in [0.15, 0.2) is 35.0 Å². The summed E-state index contributed by atoms with van der Waals surface area (Å²) in [6.45, 7) is 9.27. The molecule has 0 atom stereocenters. The quantitative estimate of drug-likeness (QED) is 0.623. The fraction of sp³-hybridized carbons (Fsp3) is 0.381. The smallest absolute Gasteiger partial charge is 0.276 e. The van der Waals surface area contributed by atoms with E-state index in [0.29, 0.717) is 17.9 Å². The molecule has 28 heavy (non-hydrogen) atoms. The predicted octanol–water partition coefficient (Wildman–Crippen LogP) is 3.67. The van der Waals surface area contributed by atoms with Gasteiger partial charge in [-0.2, -0.15) is 5.10 Å². The van der Waals surface area contributed by atoms with E-state index < -0.39 is 0 Å². The Morgan fingerprint density at radius 3 is 2.61 bits per heavy atom. The van der Waals surface area contributed by atoms with Gasteiger partial charge in [-0.1, -0.05) is 11.2 Å². The summed E-state index contributed by atoms with van der Waals surface area (Å²) >= 11 is 0. The van der Waals surface area contributed by atoms with Gasteiger partial charge in [0.05, 0.1) is 17.8 Å². The molecule has 3 aromatic rings. The van der Waals surface area contributed by atoms with Crippen LogP contribution in [0.2, 0.25) is 0 Å². The summed E-state index contributed by atoms with van der Waals surface area (Å²) < 4.78 is 13.1. The van der Waals surface area contributed by atoms with Gasteiger partial charge < -0.3 is 14.2 Å². The molecule has 0 aliphatic rings. The second-order valence-electron chi connectivity index (χ2n) is 6.98. The van der Waals surface area contributed by atoms with Crippen molar-refractivity contribution in [3.05, 3.63) is 64.3 Å². The third-order valence-electron chi connectivity index (χ3n) is 4.62. The average molecular weight is 382 g/mol. The van der Waals surface area contributed by atoms with E-state index in [1.54, 1.807) is 25.1 Å². The second-order valence-corrected chi connectivity index (χ2v) is 6.98. The number of nitrogens with zero attached hydrogens (tertiary/aromatic N) is 4. The lowest BCUT2D eigenvalue weighted by Gasteiger charge is -2.17. The number of ether oxygens (including phenoxy) is 1. The fourth-order valence-corrected chi connectivity index (χ4v) is 3.18. The van der Waals surface area contributed by atoms with Gasteiger partial charge in [-0.25, -0.2) is 0 Å². The lowest BCUT2D eigenvalue weighted by molar-refractivity contribution is 0.0768. The number of aryl methyl sites for hydroxylation is 4. The third kappa shape index (κ3) is 4.24. The van der Waals surface area contributed by atoms with Gasteiger partial charge in [-0.3, -0.25) is 9.48 Å². The van der Waals surface area contributed by atoms with Gasteiger partial charge in [0.2, 0.25) is 0 Å². The van der Waals surface area contributed by atoms with E-state index in [1.807, 2.05) is 43.7 Å². The van der Waals surface area contributed by atoms with Crippen molar-refractivity contribution in [2.75, 3.05) is 7.05 Å². The molecule has 2 heterocycles. The van der Waals surface area contributed by atoms with E-state index in [1.165, 1.54) is 0 Å². The van der Waals surface area contributed by atoms with Crippen molar-refractivity contribution < 1.29 is 14.1 Å². The number of rotatable bonds is 7. The maximum atomic E-state index is 12.9. The van der Waals surface area contributed by atoms with Gasteiger partial charge in [0.15, 0.2) is 5.69 Å². The SMILES string of the molecule is CCn1nccc1CN(C)C(=O)c1noc(C)c1COc1cc(C)cc(C)c1. The zero-order valence-electron chi connectivity index (χ0n) is 17.0. The van der Waals surface area contributed by atoms with Crippen molar-refractivity contribution in [3.8, 4) is 5.75 Å². The predicted molar refractivity (Wildman–Crippen MR) is 105 cm³/mol. The molecule has 0 aliphatic carbocycles. The van der Waals surface area contributed by atoms with Gasteiger partial charge in [-0.05, 0) is 57.0 Å². The standard InChI is InChI=1S/C21H26N4O3/c1-6-25-17(7-8-22-25)12-24(5)21(26)20-19(16(4)28-23-20)13-27-18-10-14(2)9-15(3)11-18/h7-11H,6,12-13H2,1-5H3. The molecule has 148 valence electrons. The molecule has 0 radical (unpaired) electrons. The summed E-state index contributed by atoms with van der Waals surface area (Å²) in [5.74, 6) is 1.14. The lowest BCUT2D eigenvalue weighted by Crippen LogP contribution is -2.28. The number of carbonyl (C=O) groups is 1. The van der Waals surface area contributed by atoms with Crippen LogP contribution in [0.3, 0.4) is 0 Å². The second kappa shape index (κ2) is 8.29. The Morgan fingerprint density at radius 2 is 1.93 bits per heavy atom. The molecule has 0 spiro atoms. The highest BCUT2D eigenvalue weighted by molar-refractivity contribution is 5.93. The molecule has 0 saturated carbocycles. The van der Waals surface area contributed by atoms with Crippen LogP contribution in [0.4, 0.5) is 0 Å². The molecule has 0 unspecified atom stereocenters. The zero-order chi connectivity index (χ0) is 20.3. The monoisotopic (exact) mass is 382 g/mol. The Balaban J connectivity index is 1.74. The fourth-order valence-electron chi connectivity index (χ4n) is 3.18. The maximum Gasteiger partial charge on any atom is 0.276 e. The Morgan fingerprint density at radius 1 is 1.21 bits per heavy atom. The van der Waals surface area contributed by atoms with E-state index in [0.717, 1.165) is 29.1 Å². The molecule has 3 rings (SSSR count). The first kappa shape index (κ1) is 19.7. The minimum absolute atomic E-state index is 0.209. The van der Waals surface area contributed by atoms with Crippen molar-refractivity contribution in [2.45, 2.75) is 47.4 Å². The van der Waals surface area contributed by atoms with Crippen molar-refractivity contribution in [3.63, 3.8) is 0 Å². The van der Waals surface area contributed by atoms with E-state index in [4.69, 9.17) is 9.26 Å². The van der Waals surface area contributed by atoms with Crippen molar-refractivity contribution in [1.29, 1.82) is 0 Å². The summed E-state index contributed by atoms with van der Waals surface area (Å²) in [5, 5.41) is 8.23. The first-order valence-electron chi connectivity index (χ1n) is 9.31. The van der Waals surface area contributed by atoms with Crippen LogP contribution in [0.5, 0.6) is 5.75 Å². The molecule has 0 bridgehead atoms. The van der Waals surface area contributed by atoms with Crippen molar-refractivity contribution in [1.82, 2.24) is 19.8 Å². The molecule has 0 fully saturated rings. The summed E-state index contributed by atoms with van der Waals surface area (Å²) in [4.78, 5) is 14.6. The topological polar surface area (TPSA) is 73.4 Å². The number of hydrogen-bond donors (Lipinski definition) is 0. The summed E-state index contributed by atoms with van der Waals surface area (Å²) in [6, 6.07) is 7.93. The van der Waals surface area contributed by atoms with Crippen LogP contribution < -0.4 is 4.74 Å². The van der Waals surface area contributed by atoms with Crippen LogP contribution in [0.1, 0.15) is 45.6 Å². The highest BCUT2D eigenvalue weighted by atomic mass is 16.5. The molecule has 0 N–H and O–H groups in total. The summed E-state index contributed by atoms with van der Waals surface area (Å²) in [5.41, 5.74) is 4.17. The lowest BCUT2D eigenvalue weighted by atomic mass is 10.1. The zero-order valence-corrected chi connectivity index (χ0v) is 17.0. The van der Waals surface area contributed by atoms with Crippen molar-refractivity contribution >= 4 is 5.91 Å². The van der Waals surface area contributed by atoms with E-state index in [-0.39, 0.29) is 18.2 Å². The molecule has 7 heteroatoms. The number of amides is 1. The number of aromatic nitrogens is 3. The first-order chi connectivity index (χ1) is 13.4. The van der Waals surface area contributed by atoms with Crippen LogP contribution >= 0.6 is 0 Å². The molecule has 1 amide bonds. The molecule has 2 aromatic heterocycles. The highest BCUT2D eigenvalue weighted by Crippen LogP contribution is 2.21. The van der Waals surface area contributed by atoms with Crippen LogP contribution in [-0.4, -0.2) is 32.8 Å². The van der Waals surface area contributed by atoms with Gasteiger partial charge in [-0.15, -0.1) is 0 Å².